The summed E-state index contributed by atoms with van der Waals surface area (Å²) in [5.74, 6) is 0. The monoisotopic (exact) mass is 133 g/mol. The van der Waals surface area contributed by atoms with E-state index in [1.54, 1.807) is 19.1 Å². The highest BCUT2D eigenvalue weighted by Gasteiger charge is 1.89. The predicted molar refractivity (Wildman–Crippen MR) is 37.3 cm³/mol. The van der Waals surface area contributed by atoms with Gasteiger partial charge in [-0.25, -0.2) is 0 Å². The van der Waals surface area contributed by atoms with E-state index in [1.807, 2.05) is 0 Å². The van der Waals surface area contributed by atoms with Crippen LogP contribution >= 0.6 is 0 Å². The maximum atomic E-state index is 8.26. The molecule has 0 aromatic rings. The molecule has 0 spiro atoms. The Bertz CT molecular complexity index is 231. The van der Waals surface area contributed by atoms with Crippen LogP contribution in [0.25, 0.3) is 0 Å². The molecule has 50 valence electrons. The van der Waals surface area contributed by atoms with E-state index in [1.165, 1.54) is 12.3 Å². The number of nitrogens with zero attached hydrogens (tertiary/aromatic N) is 2. The van der Waals surface area contributed by atoms with Gasteiger partial charge in [-0.05, 0) is 24.8 Å². The first-order valence-electron chi connectivity index (χ1n) is 2.65. The van der Waals surface area contributed by atoms with Crippen LogP contribution in [-0.2, 0) is 0 Å². The van der Waals surface area contributed by atoms with E-state index >= 15 is 0 Å². The van der Waals surface area contributed by atoms with E-state index in [-0.39, 0.29) is 5.57 Å². The summed E-state index contributed by atoms with van der Waals surface area (Å²) in [6, 6.07) is 3.44. The van der Waals surface area contributed by atoms with Gasteiger partial charge < -0.3 is 5.73 Å². The number of allylic oxidation sites excluding steroid dienone is 3. The third-order valence-corrected chi connectivity index (χ3v) is 0.876. The van der Waals surface area contributed by atoms with Crippen molar-refractivity contribution in [3.63, 3.8) is 0 Å². The Kier molecular flexibility index (Phi) is 3.44. The van der Waals surface area contributed by atoms with Crippen LogP contribution in [0.1, 0.15) is 6.92 Å². The molecule has 10 heavy (non-hydrogen) atoms. The molecule has 0 fully saturated rings. The van der Waals surface area contributed by atoms with Gasteiger partial charge in [0, 0.05) is 0 Å². The van der Waals surface area contributed by atoms with E-state index in [2.05, 4.69) is 0 Å². The molecular formula is C7H7N3. The number of hydrogen-bond donors (Lipinski definition) is 1. The molecule has 0 aromatic heterocycles. The van der Waals surface area contributed by atoms with Gasteiger partial charge in [0.2, 0.25) is 0 Å². The van der Waals surface area contributed by atoms with Crippen molar-refractivity contribution in [2.45, 2.75) is 6.92 Å². The summed E-state index contributed by atoms with van der Waals surface area (Å²) in [7, 11) is 0. The van der Waals surface area contributed by atoms with Crippen LogP contribution in [0.2, 0.25) is 0 Å². The molecule has 3 heteroatoms. The number of nitrogens with two attached hydrogens (primary N) is 1. The van der Waals surface area contributed by atoms with Crippen molar-refractivity contribution in [2.24, 2.45) is 5.73 Å². The molecular weight excluding hydrogens is 126 g/mol. The van der Waals surface area contributed by atoms with Crippen molar-refractivity contribution in [1.82, 2.24) is 0 Å². The molecule has 0 heterocycles. The highest BCUT2D eigenvalue weighted by molar-refractivity contribution is 5.40. The minimum absolute atomic E-state index is 0.0687. The SMILES string of the molecule is CC(C=C(C#N)C#N)=CN. The average molecular weight is 133 g/mol. The van der Waals surface area contributed by atoms with Crippen LogP contribution in [0, 0.1) is 22.7 Å². The first kappa shape index (κ1) is 8.26. The molecule has 2 N–H and O–H groups in total. The number of hydrogen-bond acceptors (Lipinski definition) is 3. The quantitative estimate of drug-likeness (QED) is 0.425. The van der Waals surface area contributed by atoms with Gasteiger partial charge in [0.25, 0.3) is 0 Å². The lowest BCUT2D eigenvalue weighted by Gasteiger charge is -1.84. The summed E-state index contributed by atoms with van der Waals surface area (Å²) in [5.41, 5.74) is 5.88. The Labute approximate surface area is 59.7 Å². The Balaban J connectivity index is 4.49. The van der Waals surface area contributed by atoms with Crippen LogP contribution in [0.5, 0.6) is 0 Å². The Morgan fingerprint density at radius 3 is 2.20 bits per heavy atom. The normalized spacial score (nSPS) is 9.30. The van der Waals surface area contributed by atoms with Crippen molar-refractivity contribution in [3.8, 4) is 12.1 Å². The second-order valence-corrected chi connectivity index (χ2v) is 1.69. The summed E-state index contributed by atoms with van der Waals surface area (Å²) < 4.78 is 0. The first-order valence-corrected chi connectivity index (χ1v) is 2.65. The maximum absolute atomic E-state index is 8.26. The minimum atomic E-state index is 0.0687. The Morgan fingerprint density at radius 1 is 1.40 bits per heavy atom. The van der Waals surface area contributed by atoms with Gasteiger partial charge in [0.05, 0.1) is 0 Å². The fourth-order valence-corrected chi connectivity index (χ4v) is 0.365. The average Bonchev–Trinajstić information content (AvgIpc) is 1.99. The maximum Gasteiger partial charge on any atom is 0.129 e. The predicted octanol–water partition coefficient (Wildman–Crippen LogP) is 0.822. The van der Waals surface area contributed by atoms with Crippen LogP contribution in [0.4, 0.5) is 0 Å². The summed E-state index contributed by atoms with van der Waals surface area (Å²) in [5, 5.41) is 16.5. The zero-order valence-corrected chi connectivity index (χ0v) is 5.63. The van der Waals surface area contributed by atoms with Crippen molar-refractivity contribution in [2.75, 3.05) is 0 Å². The molecule has 0 rings (SSSR count). The number of rotatable bonds is 1. The van der Waals surface area contributed by atoms with Crippen LogP contribution in [0.15, 0.2) is 23.4 Å². The lowest BCUT2D eigenvalue weighted by molar-refractivity contribution is 1.40. The first-order chi connectivity index (χ1) is 4.74. The van der Waals surface area contributed by atoms with Gasteiger partial charge in [-0.3, -0.25) is 0 Å². The van der Waals surface area contributed by atoms with Crippen molar-refractivity contribution >= 4 is 0 Å². The molecule has 0 aliphatic carbocycles. The van der Waals surface area contributed by atoms with E-state index in [9.17, 15) is 0 Å². The molecule has 0 atom stereocenters. The van der Waals surface area contributed by atoms with Crippen molar-refractivity contribution in [1.29, 1.82) is 10.5 Å². The fraction of sp³-hybridized carbons (Fsp3) is 0.143. The Hall–Kier alpha value is -1.74. The van der Waals surface area contributed by atoms with Crippen LogP contribution in [-0.4, -0.2) is 0 Å². The highest BCUT2D eigenvalue weighted by atomic mass is 14.5. The van der Waals surface area contributed by atoms with E-state index < -0.39 is 0 Å². The topological polar surface area (TPSA) is 73.6 Å². The standard InChI is InChI=1S/C7H7N3/c1-6(3-8)2-7(4-9)5-10/h2-3H,8H2,1H3. The van der Waals surface area contributed by atoms with Gasteiger partial charge >= 0.3 is 0 Å². The largest absolute Gasteiger partial charge is 0.404 e. The molecule has 0 saturated carbocycles. The molecule has 0 saturated heterocycles. The third-order valence-electron chi connectivity index (χ3n) is 0.876. The number of nitriles is 2. The zero-order valence-electron chi connectivity index (χ0n) is 5.63. The molecule has 0 amide bonds. The molecule has 0 aliphatic heterocycles. The summed E-state index contributed by atoms with van der Waals surface area (Å²) in [6.45, 7) is 1.72. The molecule has 0 bridgehead atoms. The van der Waals surface area contributed by atoms with Gasteiger partial charge in [-0.2, -0.15) is 10.5 Å². The lowest BCUT2D eigenvalue weighted by Crippen LogP contribution is -1.82. The molecule has 0 unspecified atom stereocenters. The zero-order chi connectivity index (χ0) is 7.98. The van der Waals surface area contributed by atoms with Crippen LogP contribution in [0.3, 0.4) is 0 Å². The lowest BCUT2D eigenvalue weighted by atomic mass is 10.2. The molecule has 0 radical (unpaired) electrons. The second-order valence-electron chi connectivity index (χ2n) is 1.69. The fourth-order valence-electron chi connectivity index (χ4n) is 0.365. The van der Waals surface area contributed by atoms with Gasteiger partial charge in [0.15, 0.2) is 0 Å². The molecule has 0 aromatic carbocycles. The molecule has 0 aliphatic rings. The van der Waals surface area contributed by atoms with Gasteiger partial charge in [-0.15, -0.1) is 0 Å². The van der Waals surface area contributed by atoms with Crippen molar-refractivity contribution < 1.29 is 0 Å². The van der Waals surface area contributed by atoms with E-state index in [4.69, 9.17) is 16.3 Å². The second kappa shape index (κ2) is 4.17. The summed E-state index contributed by atoms with van der Waals surface area (Å²) >= 11 is 0. The van der Waals surface area contributed by atoms with Gasteiger partial charge in [-0.1, -0.05) is 0 Å². The van der Waals surface area contributed by atoms with Crippen molar-refractivity contribution in [3.05, 3.63) is 23.4 Å². The summed E-state index contributed by atoms with van der Waals surface area (Å²) in [4.78, 5) is 0. The highest BCUT2D eigenvalue weighted by Crippen LogP contribution is 1.97. The van der Waals surface area contributed by atoms with Crippen LogP contribution < -0.4 is 5.73 Å². The van der Waals surface area contributed by atoms with E-state index in [0.717, 1.165) is 0 Å². The smallest absolute Gasteiger partial charge is 0.129 e. The Morgan fingerprint density at radius 2 is 1.90 bits per heavy atom. The van der Waals surface area contributed by atoms with E-state index in [0.29, 0.717) is 5.57 Å². The molecule has 3 nitrogen and oxygen atoms in total. The summed E-state index contributed by atoms with van der Waals surface area (Å²) in [6.07, 6.45) is 2.77. The minimum Gasteiger partial charge on any atom is -0.404 e. The van der Waals surface area contributed by atoms with Gasteiger partial charge in [0.1, 0.15) is 17.7 Å². The third kappa shape index (κ3) is 2.54.